The van der Waals surface area contributed by atoms with E-state index in [1.54, 1.807) is 0 Å². The molecule has 1 fully saturated rings. The Hall–Kier alpha value is -2.56. The fourth-order valence-electron chi connectivity index (χ4n) is 3.35. The predicted molar refractivity (Wildman–Crippen MR) is 114 cm³/mol. The highest BCUT2D eigenvalue weighted by Crippen LogP contribution is 2.21. The lowest BCUT2D eigenvalue weighted by atomic mass is 9.99. The summed E-state index contributed by atoms with van der Waals surface area (Å²) >= 11 is 0. The van der Waals surface area contributed by atoms with Crippen molar-refractivity contribution in [3.8, 4) is 0 Å². The number of nitrogens with two attached hydrogens (primary N) is 1. The first kappa shape index (κ1) is 19.2. The van der Waals surface area contributed by atoms with Crippen LogP contribution < -0.4 is 16.0 Å². The highest BCUT2D eigenvalue weighted by atomic mass is 15.2. The lowest BCUT2D eigenvalue weighted by molar-refractivity contribution is 0.573. The lowest BCUT2D eigenvalue weighted by Gasteiger charge is -2.27. The van der Waals surface area contributed by atoms with Crippen LogP contribution in [0.4, 0.5) is 11.5 Å². The summed E-state index contributed by atoms with van der Waals surface area (Å²) in [4.78, 5) is 11.4. The van der Waals surface area contributed by atoms with E-state index in [9.17, 15) is 0 Å². The predicted octanol–water partition coefficient (Wildman–Crippen LogP) is 4.51. The van der Waals surface area contributed by atoms with Crippen LogP contribution in [0.15, 0.2) is 47.6 Å². The van der Waals surface area contributed by atoms with E-state index in [2.05, 4.69) is 64.4 Å². The first-order chi connectivity index (χ1) is 13.2. The SMILES string of the molecule is CCC(C)c1ccc(NC(N)=NCc2ccnc(N3CCCCC3)c2)cc1. The standard InChI is InChI=1S/C22H31N5/c1-3-17(2)19-7-9-20(10-8-19)26-22(23)25-16-18-11-12-24-21(15-18)27-13-5-4-6-14-27/h7-12,15,17H,3-6,13-14,16H2,1-2H3,(H3,23,25,26). The zero-order valence-electron chi connectivity index (χ0n) is 16.5. The van der Waals surface area contributed by atoms with Gasteiger partial charge in [-0.1, -0.05) is 26.0 Å². The summed E-state index contributed by atoms with van der Waals surface area (Å²) in [5.41, 5.74) is 9.51. The number of nitrogens with one attached hydrogen (secondary N) is 1. The first-order valence-electron chi connectivity index (χ1n) is 10.0. The van der Waals surface area contributed by atoms with Gasteiger partial charge in [0.15, 0.2) is 5.96 Å². The minimum Gasteiger partial charge on any atom is -0.370 e. The van der Waals surface area contributed by atoms with E-state index in [4.69, 9.17) is 5.73 Å². The minimum absolute atomic E-state index is 0.433. The Morgan fingerprint density at radius 1 is 1.19 bits per heavy atom. The topological polar surface area (TPSA) is 66.5 Å². The third-order valence-corrected chi connectivity index (χ3v) is 5.29. The Morgan fingerprint density at radius 2 is 1.93 bits per heavy atom. The van der Waals surface area contributed by atoms with Gasteiger partial charge in [-0.2, -0.15) is 0 Å². The zero-order chi connectivity index (χ0) is 19.1. The molecule has 144 valence electrons. The first-order valence-corrected chi connectivity index (χ1v) is 10.0. The number of piperidine rings is 1. The maximum absolute atomic E-state index is 6.07. The molecule has 2 heterocycles. The van der Waals surface area contributed by atoms with Gasteiger partial charge in [0.25, 0.3) is 0 Å². The van der Waals surface area contributed by atoms with Crippen molar-refractivity contribution in [2.45, 2.75) is 52.0 Å². The molecule has 1 unspecified atom stereocenters. The highest BCUT2D eigenvalue weighted by Gasteiger charge is 2.12. The Morgan fingerprint density at radius 3 is 2.63 bits per heavy atom. The van der Waals surface area contributed by atoms with Crippen molar-refractivity contribution in [3.63, 3.8) is 0 Å². The van der Waals surface area contributed by atoms with Gasteiger partial charge >= 0.3 is 0 Å². The van der Waals surface area contributed by atoms with Crippen LogP contribution in [-0.4, -0.2) is 24.0 Å². The quantitative estimate of drug-likeness (QED) is 0.584. The smallest absolute Gasteiger partial charge is 0.193 e. The van der Waals surface area contributed by atoms with E-state index in [0.29, 0.717) is 18.4 Å². The van der Waals surface area contributed by atoms with Crippen LogP contribution >= 0.6 is 0 Å². The molecule has 0 radical (unpaired) electrons. The summed E-state index contributed by atoms with van der Waals surface area (Å²) in [6.45, 7) is 7.18. The van der Waals surface area contributed by atoms with Crippen LogP contribution in [0.5, 0.6) is 0 Å². The Balaban J connectivity index is 1.58. The molecule has 0 spiro atoms. The van der Waals surface area contributed by atoms with Crippen LogP contribution in [0.2, 0.25) is 0 Å². The zero-order valence-corrected chi connectivity index (χ0v) is 16.5. The van der Waals surface area contributed by atoms with Crippen molar-refractivity contribution in [1.29, 1.82) is 0 Å². The molecule has 5 nitrogen and oxygen atoms in total. The maximum Gasteiger partial charge on any atom is 0.193 e. The minimum atomic E-state index is 0.433. The number of anilines is 2. The Labute approximate surface area is 162 Å². The molecule has 0 aliphatic carbocycles. The number of hydrogen-bond acceptors (Lipinski definition) is 3. The van der Waals surface area contributed by atoms with Gasteiger partial charge in [0.05, 0.1) is 6.54 Å². The van der Waals surface area contributed by atoms with Gasteiger partial charge in [-0.3, -0.25) is 0 Å². The van der Waals surface area contributed by atoms with Gasteiger partial charge in [0, 0.05) is 25.0 Å². The van der Waals surface area contributed by atoms with Gasteiger partial charge < -0.3 is 16.0 Å². The van der Waals surface area contributed by atoms with Gasteiger partial charge in [0.2, 0.25) is 0 Å². The molecule has 2 aromatic rings. The highest BCUT2D eigenvalue weighted by molar-refractivity contribution is 5.92. The van der Waals surface area contributed by atoms with E-state index in [0.717, 1.165) is 36.6 Å². The number of rotatable bonds is 6. The number of hydrogen-bond donors (Lipinski definition) is 2. The monoisotopic (exact) mass is 365 g/mol. The molecule has 5 heteroatoms. The molecule has 27 heavy (non-hydrogen) atoms. The number of nitrogens with zero attached hydrogens (tertiary/aromatic N) is 3. The van der Waals surface area contributed by atoms with Gasteiger partial charge in [-0.25, -0.2) is 9.98 Å². The number of guanidine groups is 1. The van der Waals surface area contributed by atoms with E-state index >= 15 is 0 Å². The van der Waals surface area contributed by atoms with Crippen LogP contribution in [0.3, 0.4) is 0 Å². The molecule has 1 aromatic heterocycles. The van der Waals surface area contributed by atoms with Crippen molar-refractivity contribution in [2.24, 2.45) is 10.7 Å². The molecule has 1 aliphatic heterocycles. The van der Waals surface area contributed by atoms with Crippen molar-refractivity contribution < 1.29 is 0 Å². The summed E-state index contributed by atoms with van der Waals surface area (Å²) in [6.07, 6.45) is 6.82. The fourth-order valence-corrected chi connectivity index (χ4v) is 3.35. The van der Waals surface area contributed by atoms with Crippen molar-refractivity contribution >= 4 is 17.5 Å². The van der Waals surface area contributed by atoms with Crippen molar-refractivity contribution in [2.75, 3.05) is 23.3 Å². The normalized spacial score (nSPS) is 16.2. The van der Waals surface area contributed by atoms with Crippen LogP contribution in [0.1, 0.15) is 56.6 Å². The molecule has 1 aliphatic rings. The van der Waals surface area contributed by atoms with Gasteiger partial charge in [0.1, 0.15) is 5.82 Å². The molecule has 0 saturated carbocycles. The van der Waals surface area contributed by atoms with Crippen molar-refractivity contribution in [1.82, 2.24) is 4.98 Å². The third-order valence-electron chi connectivity index (χ3n) is 5.29. The molecular formula is C22H31N5. The van der Waals surface area contributed by atoms with Gasteiger partial charge in [-0.05, 0) is 67.0 Å². The van der Waals surface area contributed by atoms with Crippen LogP contribution in [-0.2, 0) is 6.54 Å². The van der Waals surface area contributed by atoms with Crippen LogP contribution in [0, 0.1) is 0 Å². The molecule has 1 aromatic carbocycles. The fraction of sp³-hybridized carbons (Fsp3) is 0.455. The molecular weight excluding hydrogens is 334 g/mol. The second kappa shape index (κ2) is 9.40. The molecule has 0 amide bonds. The van der Waals surface area contributed by atoms with Gasteiger partial charge in [-0.15, -0.1) is 0 Å². The Bertz CT molecular complexity index is 748. The Kier molecular flexibility index (Phi) is 6.69. The summed E-state index contributed by atoms with van der Waals surface area (Å²) in [5, 5.41) is 3.18. The molecule has 1 saturated heterocycles. The third kappa shape index (κ3) is 5.46. The summed E-state index contributed by atoms with van der Waals surface area (Å²) in [7, 11) is 0. The van der Waals surface area contributed by atoms with E-state index in [1.165, 1.54) is 24.8 Å². The van der Waals surface area contributed by atoms with Crippen molar-refractivity contribution in [3.05, 3.63) is 53.7 Å². The molecule has 1 atom stereocenters. The maximum atomic E-state index is 6.07. The van der Waals surface area contributed by atoms with E-state index in [-0.39, 0.29) is 0 Å². The van der Waals surface area contributed by atoms with E-state index in [1.807, 2.05) is 12.3 Å². The number of benzene rings is 1. The lowest BCUT2D eigenvalue weighted by Crippen LogP contribution is -2.30. The number of pyridine rings is 1. The molecule has 3 N–H and O–H groups in total. The average Bonchev–Trinajstić information content (AvgIpc) is 2.73. The number of aromatic nitrogens is 1. The summed E-state index contributed by atoms with van der Waals surface area (Å²) in [5.74, 6) is 2.06. The second-order valence-corrected chi connectivity index (χ2v) is 7.33. The second-order valence-electron chi connectivity index (χ2n) is 7.33. The number of aliphatic imine (C=N–C) groups is 1. The van der Waals surface area contributed by atoms with Crippen LogP contribution in [0.25, 0.3) is 0 Å². The average molecular weight is 366 g/mol. The molecule has 0 bridgehead atoms. The summed E-state index contributed by atoms with van der Waals surface area (Å²) < 4.78 is 0. The molecule has 3 rings (SSSR count). The summed E-state index contributed by atoms with van der Waals surface area (Å²) in [6, 6.07) is 12.6. The van der Waals surface area contributed by atoms with E-state index < -0.39 is 0 Å². The largest absolute Gasteiger partial charge is 0.370 e.